The molecule has 1 N–H and O–H groups in total. The summed E-state index contributed by atoms with van der Waals surface area (Å²) in [6.07, 6.45) is 0. The molecule has 17 heavy (non-hydrogen) atoms. The minimum Gasteiger partial charge on any atom is -0.389 e. The highest BCUT2D eigenvalue weighted by Gasteiger charge is 2.18. The van der Waals surface area contributed by atoms with E-state index in [2.05, 4.69) is 36.0 Å². The zero-order valence-electron chi connectivity index (χ0n) is 11.5. The molecule has 0 saturated heterocycles. The third kappa shape index (κ3) is 5.15. The Kier molecular flexibility index (Phi) is 5.10. The van der Waals surface area contributed by atoms with E-state index < -0.39 is 5.60 Å². The fraction of sp³-hybridized carbons (Fsp3) is 0.769. The van der Waals surface area contributed by atoms with Gasteiger partial charge in [-0.25, -0.2) is 4.98 Å². The quantitative estimate of drug-likeness (QED) is 0.850. The van der Waals surface area contributed by atoms with Gasteiger partial charge in [-0.05, 0) is 20.4 Å². The van der Waals surface area contributed by atoms with E-state index in [1.54, 1.807) is 11.3 Å². The average Bonchev–Trinajstić information content (AvgIpc) is 2.63. The van der Waals surface area contributed by atoms with Crippen LogP contribution in [-0.2, 0) is 6.54 Å². The zero-order chi connectivity index (χ0) is 13.1. The maximum atomic E-state index is 9.83. The summed E-state index contributed by atoms with van der Waals surface area (Å²) in [6.45, 7) is 12.6. The van der Waals surface area contributed by atoms with Gasteiger partial charge in [0, 0.05) is 24.4 Å². The van der Waals surface area contributed by atoms with Gasteiger partial charge in [-0.3, -0.25) is 4.90 Å². The van der Waals surface area contributed by atoms with Crippen molar-refractivity contribution in [3.8, 4) is 0 Å². The summed E-state index contributed by atoms with van der Waals surface area (Å²) >= 11 is 1.73. The number of hydrogen-bond donors (Lipinski definition) is 1. The van der Waals surface area contributed by atoms with Crippen molar-refractivity contribution in [1.82, 2.24) is 9.88 Å². The summed E-state index contributed by atoms with van der Waals surface area (Å²) in [5.74, 6) is 0.498. The van der Waals surface area contributed by atoms with Crippen molar-refractivity contribution in [3.05, 3.63) is 16.1 Å². The minimum atomic E-state index is -0.646. The van der Waals surface area contributed by atoms with Gasteiger partial charge in [-0.15, -0.1) is 11.3 Å². The van der Waals surface area contributed by atoms with Crippen LogP contribution in [0.15, 0.2) is 5.38 Å². The predicted molar refractivity (Wildman–Crippen MR) is 73.5 cm³/mol. The van der Waals surface area contributed by atoms with E-state index in [1.807, 2.05) is 13.8 Å². The normalized spacial score (nSPS) is 12.7. The Hall–Kier alpha value is -0.450. The standard InChI is InChI=1S/C13H24N2OS/c1-6-15(9-13(4,5)16)7-11-8-17-12(14-11)10(2)3/h8,10,16H,6-7,9H2,1-5H3. The minimum absolute atomic E-state index is 0.498. The highest BCUT2D eigenvalue weighted by molar-refractivity contribution is 7.09. The molecule has 1 rings (SSSR count). The van der Waals surface area contributed by atoms with Gasteiger partial charge in [-0.1, -0.05) is 20.8 Å². The molecule has 0 radical (unpaired) electrons. The van der Waals surface area contributed by atoms with E-state index in [0.29, 0.717) is 12.5 Å². The topological polar surface area (TPSA) is 36.4 Å². The molecule has 0 aliphatic rings. The Balaban J connectivity index is 2.61. The van der Waals surface area contributed by atoms with Gasteiger partial charge in [0.1, 0.15) is 0 Å². The molecule has 0 amide bonds. The molecule has 0 unspecified atom stereocenters. The van der Waals surface area contributed by atoms with E-state index in [1.165, 1.54) is 5.01 Å². The molecule has 3 nitrogen and oxygen atoms in total. The van der Waals surface area contributed by atoms with Gasteiger partial charge in [-0.2, -0.15) is 0 Å². The van der Waals surface area contributed by atoms with Crippen molar-refractivity contribution in [2.24, 2.45) is 0 Å². The van der Waals surface area contributed by atoms with Crippen LogP contribution in [0, 0.1) is 0 Å². The fourth-order valence-electron chi connectivity index (χ4n) is 1.72. The number of hydrogen-bond acceptors (Lipinski definition) is 4. The van der Waals surface area contributed by atoms with Gasteiger partial charge in [0.05, 0.1) is 16.3 Å². The highest BCUT2D eigenvalue weighted by atomic mass is 32.1. The number of thiazole rings is 1. The van der Waals surface area contributed by atoms with Crippen LogP contribution in [0.25, 0.3) is 0 Å². The van der Waals surface area contributed by atoms with Crippen LogP contribution in [-0.4, -0.2) is 33.7 Å². The first-order valence-corrected chi connectivity index (χ1v) is 7.09. The molecule has 4 heteroatoms. The Morgan fingerprint density at radius 3 is 2.53 bits per heavy atom. The Morgan fingerprint density at radius 1 is 1.47 bits per heavy atom. The van der Waals surface area contributed by atoms with Crippen LogP contribution in [0.4, 0.5) is 0 Å². The van der Waals surface area contributed by atoms with Crippen molar-refractivity contribution in [2.75, 3.05) is 13.1 Å². The van der Waals surface area contributed by atoms with E-state index in [4.69, 9.17) is 0 Å². The largest absolute Gasteiger partial charge is 0.389 e. The van der Waals surface area contributed by atoms with Gasteiger partial charge in [0.2, 0.25) is 0 Å². The van der Waals surface area contributed by atoms with Crippen LogP contribution in [0.2, 0.25) is 0 Å². The van der Waals surface area contributed by atoms with Crippen molar-refractivity contribution in [3.63, 3.8) is 0 Å². The first kappa shape index (κ1) is 14.6. The molecule has 98 valence electrons. The molecular formula is C13H24N2OS. The van der Waals surface area contributed by atoms with Crippen molar-refractivity contribution >= 4 is 11.3 Å². The van der Waals surface area contributed by atoms with E-state index in [-0.39, 0.29) is 0 Å². The molecule has 0 bridgehead atoms. The van der Waals surface area contributed by atoms with Gasteiger partial charge in [0.15, 0.2) is 0 Å². The van der Waals surface area contributed by atoms with E-state index in [0.717, 1.165) is 18.8 Å². The lowest BCUT2D eigenvalue weighted by Gasteiger charge is -2.27. The third-order valence-corrected chi connectivity index (χ3v) is 3.70. The average molecular weight is 256 g/mol. The van der Waals surface area contributed by atoms with Gasteiger partial charge < -0.3 is 5.11 Å². The number of aromatic nitrogens is 1. The zero-order valence-corrected chi connectivity index (χ0v) is 12.3. The second kappa shape index (κ2) is 5.94. The van der Waals surface area contributed by atoms with Gasteiger partial charge >= 0.3 is 0 Å². The Morgan fingerprint density at radius 2 is 2.12 bits per heavy atom. The maximum Gasteiger partial charge on any atom is 0.0954 e. The molecule has 1 heterocycles. The van der Waals surface area contributed by atoms with Crippen LogP contribution in [0.5, 0.6) is 0 Å². The van der Waals surface area contributed by atoms with Crippen LogP contribution >= 0.6 is 11.3 Å². The first-order chi connectivity index (χ1) is 7.81. The molecule has 0 atom stereocenters. The smallest absolute Gasteiger partial charge is 0.0954 e. The number of aliphatic hydroxyl groups is 1. The van der Waals surface area contributed by atoms with Crippen molar-refractivity contribution < 1.29 is 5.11 Å². The Labute approximate surface area is 108 Å². The maximum absolute atomic E-state index is 9.83. The SMILES string of the molecule is CCN(Cc1csc(C(C)C)n1)CC(C)(C)O. The number of rotatable bonds is 6. The van der Waals surface area contributed by atoms with Gasteiger partial charge in [0.25, 0.3) is 0 Å². The number of nitrogens with zero attached hydrogens (tertiary/aromatic N) is 2. The number of likely N-dealkylation sites (N-methyl/N-ethyl adjacent to an activating group) is 1. The molecule has 0 aromatic carbocycles. The third-order valence-electron chi connectivity index (χ3n) is 2.51. The summed E-state index contributed by atoms with van der Waals surface area (Å²) in [6, 6.07) is 0. The second-order valence-corrected chi connectivity index (χ2v) is 6.34. The summed E-state index contributed by atoms with van der Waals surface area (Å²) in [5.41, 5.74) is 0.470. The molecule has 0 saturated carbocycles. The fourth-order valence-corrected chi connectivity index (χ4v) is 2.54. The molecule has 0 spiro atoms. The molecule has 0 aliphatic heterocycles. The first-order valence-electron chi connectivity index (χ1n) is 6.21. The molecular weight excluding hydrogens is 232 g/mol. The monoisotopic (exact) mass is 256 g/mol. The lowest BCUT2D eigenvalue weighted by Crippen LogP contribution is -2.38. The lowest BCUT2D eigenvalue weighted by molar-refractivity contribution is 0.0350. The Bertz CT molecular complexity index is 341. The highest BCUT2D eigenvalue weighted by Crippen LogP contribution is 2.20. The molecule has 0 aliphatic carbocycles. The summed E-state index contributed by atoms with van der Waals surface area (Å²) in [7, 11) is 0. The summed E-state index contributed by atoms with van der Waals surface area (Å²) in [4.78, 5) is 6.84. The van der Waals surface area contributed by atoms with Crippen LogP contribution in [0.1, 0.15) is 51.2 Å². The lowest BCUT2D eigenvalue weighted by atomic mass is 10.1. The van der Waals surface area contributed by atoms with Crippen LogP contribution in [0.3, 0.4) is 0 Å². The van der Waals surface area contributed by atoms with E-state index >= 15 is 0 Å². The van der Waals surface area contributed by atoms with E-state index in [9.17, 15) is 5.11 Å². The summed E-state index contributed by atoms with van der Waals surface area (Å²) in [5, 5.41) is 13.2. The van der Waals surface area contributed by atoms with Crippen molar-refractivity contribution in [1.29, 1.82) is 0 Å². The molecule has 0 fully saturated rings. The molecule has 1 aromatic heterocycles. The molecule has 1 aromatic rings. The van der Waals surface area contributed by atoms with Crippen molar-refractivity contribution in [2.45, 2.75) is 52.7 Å². The predicted octanol–water partition coefficient (Wildman–Crippen LogP) is 2.86. The van der Waals surface area contributed by atoms with Crippen LogP contribution < -0.4 is 0 Å². The summed E-state index contributed by atoms with van der Waals surface area (Å²) < 4.78 is 0. The second-order valence-electron chi connectivity index (χ2n) is 5.45.